The topological polar surface area (TPSA) is 84.0 Å². The molecule has 0 aliphatic rings. The Balaban J connectivity index is 1.52. The summed E-state index contributed by atoms with van der Waals surface area (Å²) in [5, 5.41) is 4.50. The zero-order chi connectivity index (χ0) is 15.4. The van der Waals surface area contributed by atoms with Crippen molar-refractivity contribution in [1.29, 1.82) is 0 Å². The van der Waals surface area contributed by atoms with E-state index in [0.29, 0.717) is 4.88 Å². The van der Waals surface area contributed by atoms with E-state index in [0.717, 1.165) is 15.2 Å². The molecule has 9 heteroatoms. The van der Waals surface area contributed by atoms with Crippen LogP contribution >= 0.6 is 34.4 Å². The molecule has 0 spiro atoms. The molecule has 2 amide bonds. The highest BCUT2D eigenvalue weighted by Gasteiger charge is 2.10. The van der Waals surface area contributed by atoms with E-state index in [1.807, 2.05) is 11.4 Å². The number of hydrogen-bond donors (Lipinski definition) is 2. The number of carbonyl (C=O) groups excluding carboxylic acids is 2. The van der Waals surface area contributed by atoms with Crippen molar-refractivity contribution in [1.82, 2.24) is 20.8 Å². The molecule has 112 valence electrons. The number of nitrogens with zero attached hydrogens (tertiary/aromatic N) is 2. The van der Waals surface area contributed by atoms with E-state index in [9.17, 15) is 9.59 Å². The van der Waals surface area contributed by atoms with Gasteiger partial charge in [0.15, 0.2) is 0 Å². The lowest BCUT2D eigenvalue weighted by Gasteiger charge is -2.06. The molecule has 22 heavy (non-hydrogen) atoms. The predicted molar refractivity (Wildman–Crippen MR) is 88.1 cm³/mol. The van der Waals surface area contributed by atoms with Crippen LogP contribution in [-0.4, -0.2) is 27.5 Å². The first-order valence-electron chi connectivity index (χ1n) is 6.18. The molecule has 0 unspecified atom stereocenters. The second kappa shape index (κ2) is 6.86. The molecule has 0 saturated heterocycles. The van der Waals surface area contributed by atoms with Crippen molar-refractivity contribution in [2.45, 2.75) is 5.03 Å². The zero-order valence-corrected chi connectivity index (χ0v) is 13.6. The number of thiophene rings is 2. The van der Waals surface area contributed by atoms with Crippen LogP contribution in [0.1, 0.15) is 9.67 Å². The monoisotopic (exact) mass is 350 g/mol. The Hall–Kier alpha value is -1.97. The summed E-state index contributed by atoms with van der Waals surface area (Å²) < 4.78 is 0.961. The molecule has 2 N–H and O–H groups in total. The summed E-state index contributed by atoms with van der Waals surface area (Å²) in [6, 6.07) is 5.38. The fourth-order valence-electron chi connectivity index (χ4n) is 1.63. The average Bonchev–Trinajstić information content (AvgIpc) is 3.21. The van der Waals surface area contributed by atoms with Crippen LogP contribution in [0.3, 0.4) is 0 Å². The minimum atomic E-state index is -0.323. The minimum absolute atomic E-state index is 0.161. The maximum atomic E-state index is 11.8. The van der Waals surface area contributed by atoms with Gasteiger partial charge in [-0.25, -0.2) is 9.97 Å². The van der Waals surface area contributed by atoms with Crippen LogP contribution in [0.4, 0.5) is 0 Å². The number of thioether (sulfide) groups is 1. The Morgan fingerprint density at radius 3 is 2.86 bits per heavy atom. The van der Waals surface area contributed by atoms with Crippen molar-refractivity contribution in [3.05, 3.63) is 40.2 Å². The van der Waals surface area contributed by atoms with Crippen molar-refractivity contribution in [2.75, 3.05) is 5.75 Å². The van der Waals surface area contributed by atoms with Gasteiger partial charge in [0.25, 0.3) is 5.91 Å². The Kier molecular flexibility index (Phi) is 4.66. The molecule has 0 fully saturated rings. The van der Waals surface area contributed by atoms with Crippen molar-refractivity contribution in [2.24, 2.45) is 0 Å². The van der Waals surface area contributed by atoms with Crippen LogP contribution in [0, 0.1) is 0 Å². The first-order valence-corrected chi connectivity index (χ1v) is 8.92. The van der Waals surface area contributed by atoms with Gasteiger partial charge in [0.1, 0.15) is 11.4 Å². The van der Waals surface area contributed by atoms with Crippen LogP contribution in [0.25, 0.3) is 10.2 Å². The summed E-state index contributed by atoms with van der Waals surface area (Å²) in [4.78, 5) is 32.3. The molecule has 3 aromatic heterocycles. The van der Waals surface area contributed by atoms with E-state index >= 15 is 0 Å². The van der Waals surface area contributed by atoms with E-state index in [1.165, 1.54) is 40.8 Å². The number of nitrogens with one attached hydrogen (secondary N) is 2. The summed E-state index contributed by atoms with van der Waals surface area (Å²) in [5.41, 5.74) is 5.64. The van der Waals surface area contributed by atoms with Crippen LogP contribution in [0.2, 0.25) is 0 Å². The van der Waals surface area contributed by atoms with E-state index in [-0.39, 0.29) is 17.6 Å². The second-order valence-electron chi connectivity index (χ2n) is 4.08. The molecule has 0 aliphatic carbocycles. The van der Waals surface area contributed by atoms with E-state index in [2.05, 4.69) is 20.8 Å². The first kappa shape index (κ1) is 14.9. The number of fused-ring (bicyclic) bond motifs is 1. The van der Waals surface area contributed by atoms with Crippen LogP contribution in [0.15, 0.2) is 40.3 Å². The molecule has 6 nitrogen and oxygen atoms in total. The summed E-state index contributed by atoms with van der Waals surface area (Å²) >= 11 is 4.16. The Bertz CT molecular complexity index is 801. The third kappa shape index (κ3) is 3.43. The fourth-order valence-corrected chi connectivity index (χ4v) is 4.00. The average molecular weight is 350 g/mol. The maximum Gasteiger partial charge on any atom is 0.279 e. The molecule has 0 atom stereocenters. The summed E-state index contributed by atoms with van der Waals surface area (Å²) in [5.74, 6) is -0.455. The van der Waals surface area contributed by atoms with E-state index in [4.69, 9.17) is 0 Å². The molecule has 0 aliphatic heterocycles. The highest BCUT2D eigenvalue weighted by Crippen LogP contribution is 2.28. The second-order valence-corrected chi connectivity index (χ2v) is 6.91. The van der Waals surface area contributed by atoms with Gasteiger partial charge >= 0.3 is 0 Å². The number of amides is 2. The van der Waals surface area contributed by atoms with Crippen LogP contribution in [0.5, 0.6) is 0 Å². The lowest BCUT2D eigenvalue weighted by atomic mass is 10.4. The van der Waals surface area contributed by atoms with Crippen molar-refractivity contribution in [3.63, 3.8) is 0 Å². The lowest BCUT2D eigenvalue weighted by Crippen LogP contribution is -2.42. The molecule has 0 aromatic carbocycles. The third-order valence-electron chi connectivity index (χ3n) is 2.61. The third-order valence-corrected chi connectivity index (χ3v) is 5.51. The number of carbonyl (C=O) groups is 2. The zero-order valence-electron chi connectivity index (χ0n) is 11.1. The van der Waals surface area contributed by atoms with Crippen molar-refractivity contribution < 1.29 is 9.59 Å². The minimum Gasteiger partial charge on any atom is -0.272 e. The molecule has 3 rings (SSSR count). The molecule has 0 bridgehead atoms. The normalized spacial score (nSPS) is 10.5. The molecular weight excluding hydrogens is 340 g/mol. The molecule has 3 heterocycles. The number of aromatic nitrogens is 2. The van der Waals surface area contributed by atoms with Gasteiger partial charge in [-0.2, -0.15) is 0 Å². The maximum absolute atomic E-state index is 11.8. The van der Waals surface area contributed by atoms with Crippen molar-refractivity contribution >= 4 is 56.5 Å². The summed E-state index contributed by atoms with van der Waals surface area (Å²) in [7, 11) is 0. The Labute approximate surface area is 138 Å². The molecular formula is C13H10N4O2S3. The van der Waals surface area contributed by atoms with Gasteiger partial charge in [-0.15, -0.1) is 22.7 Å². The summed E-state index contributed by atoms with van der Waals surface area (Å²) in [6.45, 7) is 0. The van der Waals surface area contributed by atoms with Crippen LogP contribution in [-0.2, 0) is 4.79 Å². The summed E-state index contributed by atoms with van der Waals surface area (Å²) in [6.07, 6.45) is 1.48. The predicted octanol–water partition coefficient (Wildman–Crippen LogP) is 2.31. The molecule has 3 aromatic rings. The largest absolute Gasteiger partial charge is 0.279 e. The van der Waals surface area contributed by atoms with Crippen LogP contribution < -0.4 is 10.9 Å². The van der Waals surface area contributed by atoms with Gasteiger partial charge in [0, 0.05) is 0 Å². The van der Waals surface area contributed by atoms with Gasteiger partial charge in [0.2, 0.25) is 5.91 Å². The smallest absolute Gasteiger partial charge is 0.272 e. The molecule has 0 saturated carbocycles. The molecule has 0 radical (unpaired) electrons. The highest BCUT2D eigenvalue weighted by atomic mass is 32.2. The fraction of sp³-hybridized carbons (Fsp3) is 0.0769. The van der Waals surface area contributed by atoms with E-state index in [1.54, 1.807) is 17.5 Å². The first-order chi connectivity index (χ1) is 10.7. The van der Waals surface area contributed by atoms with Gasteiger partial charge in [-0.05, 0) is 22.9 Å². The number of rotatable bonds is 4. The van der Waals surface area contributed by atoms with E-state index < -0.39 is 0 Å². The number of hydrazine groups is 1. The SMILES string of the molecule is O=C(CSc1ncnc2ccsc12)NNC(=O)c1cccs1. The van der Waals surface area contributed by atoms with Crippen molar-refractivity contribution in [3.8, 4) is 0 Å². The standard InChI is InChI=1S/C13H10N4O2S3/c18-10(16-17-12(19)9-2-1-4-20-9)6-22-13-11-8(3-5-21-11)14-7-15-13/h1-5,7H,6H2,(H,16,18)(H,17,19). The Morgan fingerprint density at radius 2 is 2.05 bits per heavy atom. The quantitative estimate of drug-likeness (QED) is 0.428. The Morgan fingerprint density at radius 1 is 1.14 bits per heavy atom. The number of hydrogen-bond acceptors (Lipinski definition) is 7. The van der Waals surface area contributed by atoms with Gasteiger partial charge in [-0.1, -0.05) is 17.8 Å². The van der Waals surface area contributed by atoms with Gasteiger partial charge < -0.3 is 0 Å². The lowest BCUT2D eigenvalue weighted by molar-refractivity contribution is -0.119. The highest BCUT2D eigenvalue weighted by molar-refractivity contribution is 8.00. The van der Waals surface area contributed by atoms with Gasteiger partial charge in [-0.3, -0.25) is 20.4 Å². The van der Waals surface area contributed by atoms with Gasteiger partial charge in [0.05, 0.1) is 20.8 Å².